The van der Waals surface area contributed by atoms with Gasteiger partial charge >= 0.3 is 0 Å². The van der Waals surface area contributed by atoms with Crippen LogP contribution in [0.1, 0.15) is 27.0 Å². The molecule has 0 bridgehead atoms. The van der Waals surface area contributed by atoms with Crippen LogP contribution in [0.25, 0.3) is 11.4 Å². The van der Waals surface area contributed by atoms with Crippen molar-refractivity contribution in [1.82, 2.24) is 25.1 Å². The van der Waals surface area contributed by atoms with Crippen LogP contribution in [0.5, 0.6) is 0 Å². The number of carbonyl (C=O) groups is 1. The fraction of sp³-hybridized carbons (Fsp3) is 0.154. The van der Waals surface area contributed by atoms with E-state index in [9.17, 15) is 4.79 Å². The first-order valence-corrected chi connectivity index (χ1v) is 11.6. The first-order chi connectivity index (χ1) is 16.1. The lowest BCUT2D eigenvalue weighted by atomic mass is 10.1. The number of rotatable bonds is 9. The second kappa shape index (κ2) is 10.7. The predicted octanol–water partition coefficient (Wildman–Crippen LogP) is 5.06. The zero-order chi connectivity index (χ0) is 23.0. The summed E-state index contributed by atoms with van der Waals surface area (Å²) in [6, 6.07) is 19.7. The lowest BCUT2D eigenvalue weighted by Gasteiger charge is -2.09. The van der Waals surface area contributed by atoms with E-state index >= 15 is 0 Å². The Labute approximate surface area is 197 Å². The van der Waals surface area contributed by atoms with Gasteiger partial charge in [0, 0.05) is 42.4 Å². The van der Waals surface area contributed by atoms with Crippen molar-refractivity contribution in [3.05, 3.63) is 108 Å². The molecule has 0 saturated carbocycles. The summed E-state index contributed by atoms with van der Waals surface area (Å²) in [6.07, 6.45) is 5.28. The molecule has 0 fully saturated rings. The Morgan fingerprint density at radius 1 is 1.06 bits per heavy atom. The van der Waals surface area contributed by atoms with E-state index < -0.39 is 0 Å². The average molecular weight is 456 g/mol. The van der Waals surface area contributed by atoms with Gasteiger partial charge in [0.2, 0.25) is 0 Å². The molecule has 1 N–H and O–H groups in total. The van der Waals surface area contributed by atoms with Gasteiger partial charge < -0.3 is 5.32 Å². The van der Waals surface area contributed by atoms with Crippen molar-refractivity contribution >= 4 is 17.7 Å². The number of thioether (sulfide) groups is 1. The van der Waals surface area contributed by atoms with E-state index in [0.29, 0.717) is 24.4 Å². The van der Waals surface area contributed by atoms with Crippen molar-refractivity contribution in [2.24, 2.45) is 0 Å². The summed E-state index contributed by atoms with van der Waals surface area (Å²) in [6.45, 7) is 7.03. The van der Waals surface area contributed by atoms with E-state index in [1.54, 1.807) is 24.2 Å². The zero-order valence-corrected chi connectivity index (χ0v) is 19.3. The first-order valence-electron chi connectivity index (χ1n) is 10.6. The molecule has 4 aromatic rings. The summed E-state index contributed by atoms with van der Waals surface area (Å²) in [4.78, 5) is 16.6. The molecule has 0 aliphatic rings. The van der Waals surface area contributed by atoms with Crippen LogP contribution in [0.15, 0.2) is 90.9 Å². The lowest BCUT2D eigenvalue weighted by molar-refractivity contribution is 0.0951. The Morgan fingerprint density at radius 3 is 2.61 bits per heavy atom. The van der Waals surface area contributed by atoms with Gasteiger partial charge in [-0.05, 0) is 42.3 Å². The number of nitrogens with zero attached hydrogens (tertiary/aromatic N) is 4. The molecule has 1 amide bonds. The van der Waals surface area contributed by atoms with Crippen LogP contribution in [-0.4, -0.2) is 25.7 Å². The van der Waals surface area contributed by atoms with Crippen molar-refractivity contribution in [3.63, 3.8) is 0 Å². The molecule has 0 unspecified atom stereocenters. The number of aryl methyl sites for hydroxylation is 1. The molecule has 0 aliphatic heterocycles. The number of hydrogen-bond acceptors (Lipinski definition) is 5. The third kappa shape index (κ3) is 5.75. The summed E-state index contributed by atoms with van der Waals surface area (Å²) >= 11 is 1.59. The highest BCUT2D eigenvalue weighted by Gasteiger charge is 2.14. The quantitative estimate of drug-likeness (QED) is 0.282. The van der Waals surface area contributed by atoms with Crippen LogP contribution in [0, 0.1) is 6.92 Å². The van der Waals surface area contributed by atoms with E-state index in [2.05, 4.69) is 62.8 Å². The van der Waals surface area contributed by atoms with Gasteiger partial charge in [-0.15, -0.1) is 16.8 Å². The van der Waals surface area contributed by atoms with Gasteiger partial charge in [0.15, 0.2) is 11.0 Å². The first kappa shape index (κ1) is 22.5. The number of allylic oxidation sites excluding steroid dienone is 1. The molecule has 0 saturated heterocycles. The van der Waals surface area contributed by atoms with E-state index in [4.69, 9.17) is 0 Å². The molecule has 0 aliphatic carbocycles. The number of benzene rings is 2. The van der Waals surface area contributed by atoms with E-state index in [0.717, 1.165) is 27.7 Å². The van der Waals surface area contributed by atoms with Crippen LogP contribution < -0.4 is 5.32 Å². The Morgan fingerprint density at radius 2 is 1.85 bits per heavy atom. The minimum Gasteiger partial charge on any atom is -0.348 e. The van der Waals surface area contributed by atoms with Crippen LogP contribution in [0.3, 0.4) is 0 Å². The van der Waals surface area contributed by atoms with Crippen molar-refractivity contribution < 1.29 is 4.79 Å². The number of nitrogens with one attached hydrogen (secondary N) is 1. The maximum atomic E-state index is 12.6. The van der Waals surface area contributed by atoms with Crippen molar-refractivity contribution in [3.8, 4) is 11.4 Å². The van der Waals surface area contributed by atoms with E-state index in [-0.39, 0.29) is 5.91 Å². The fourth-order valence-electron chi connectivity index (χ4n) is 3.34. The van der Waals surface area contributed by atoms with Gasteiger partial charge in [0.05, 0.1) is 0 Å². The molecule has 2 aromatic heterocycles. The van der Waals surface area contributed by atoms with E-state index in [1.165, 1.54) is 5.56 Å². The Bertz CT molecular complexity index is 1240. The van der Waals surface area contributed by atoms with Gasteiger partial charge in [-0.1, -0.05) is 59.8 Å². The Balaban J connectivity index is 1.44. The molecule has 166 valence electrons. The summed E-state index contributed by atoms with van der Waals surface area (Å²) in [5, 5.41) is 12.6. The molecule has 2 heterocycles. The molecule has 0 radical (unpaired) electrons. The summed E-state index contributed by atoms with van der Waals surface area (Å²) in [7, 11) is 0. The van der Waals surface area contributed by atoms with Crippen LogP contribution >= 0.6 is 11.8 Å². The zero-order valence-electron chi connectivity index (χ0n) is 18.4. The molecular weight excluding hydrogens is 430 g/mol. The average Bonchev–Trinajstić information content (AvgIpc) is 3.25. The SMILES string of the molecule is C=CCn1c(SCc2cccc(C(=O)NCc3ccncc3)c2)nnc1-c1ccc(C)cc1. The summed E-state index contributed by atoms with van der Waals surface area (Å²) in [5.74, 6) is 1.39. The third-order valence-corrected chi connectivity index (χ3v) is 6.14. The third-order valence-electron chi connectivity index (χ3n) is 5.10. The maximum Gasteiger partial charge on any atom is 0.251 e. The largest absolute Gasteiger partial charge is 0.348 e. The second-order valence-corrected chi connectivity index (χ2v) is 8.54. The standard InChI is InChI=1S/C26H25N5OS/c1-3-15-31-24(22-9-7-19(2)8-10-22)29-30-26(31)33-18-21-5-4-6-23(16-21)25(32)28-17-20-11-13-27-14-12-20/h3-14,16H,1,15,17-18H2,2H3,(H,28,32). The normalized spacial score (nSPS) is 10.7. The molecular formula is C26H25N5OS. The number of amides is 1. The van der Waals surface area contributed by atoms with Gasteiger partial charge in [-0.2, -0.15) is 0 Å². The number of carbonyl (C=O) groups excluding carboxylic acids is 1. The summed E-state index contributed by atoms with van der Waals surface area (Å²) in [5.41, 5.74) is 4.91. The Kier molecular flexibility index (Phi) is 7.32. The number of hydrogen-bond donors (Lipinski definition) is 1. The van der Waals surface area contributed by atoms with Gasteiger partial charge in [-0.3, -0.25) is 14.3 Å². The minimum atomic E-state index is -0.102. The van der Waals surface area contributed by atoms with Gasteiger partial charge in [0.25, 0.3) is 5.91 Å². The molecule has 0 atom stereocenters. The number of aromatic nitrogens is 4. The lowest BCUT2D eigenvalue weighted by Crippen LogP contribution is -2.22. The van der Waals surface area contributed by atoms with Crippen molar-refractivity contribution in [1.29, 1.82) is 0 Å². The molecule has 2 aromatic carbocycles. The van der Waals surface area contributed by atoms with E-state index in [1.807, 2.05) is 42.5 Å². The van der Waals surface area contributed by atoms with Crippen molar-refractivity contribution in [2.45, 2.75) is 30.9 Å². The highest BCUT2D eigenvalue weighted by molar-refractivity contribution is 7.98. The minimum absolute atomic E-state index is 0.102. The molecule has 33 heavy (non-hydrogen) atoms. The van der Waals surface area contributed by atoms with Gasteiger partial charge in [-0.25, -0.2) is 0 Å². The second-order valence-electron chi connectivity index (χ2n) is 7.60. The molecule has 7 heteroatoms. The number of pyridine rings is 1. The highest BCUT2D eigenvalue weighted by atomic mass is 32.2. The van der Waals surface area contributed by atoms with Crippen molar-refractivity contribution in [2.75, 3.05) is 0 Å². The highest BCUT2D eigenvalue weighted by Crippen LogP contribution is 2.27. The smallest absolute Gasteiger partial charge is 0.251 e. The van der Waals surface area contributed by atoms with Crippen LogP contribution in [0.2, 0.25) is 0 Å². The summed E-state index contributed by atoms with van der Waals surface area (Å²) < 4.78 is 2.06. The fourth-order valence-corrected chi connectivity index (χ4v) is 4.23. The van der Waals surface area contributed by atoms with Crippen LogP contribution in [-0.2, 0) is 18.8 Å². The molecule has 0 spiro atoms. The monoisotopic (exact) mass is 455 g/mol. The molecule has 6 nitrogen and oxygen atoms in total. The topological polar surface area (TPSA) is 72.7 Å². The van der Waals surface area contributed by atoms with Crippen LogP contribution in [0.4, 0.5) is 0 Å². The van der Waals surface area contributed by atoms with Gasteiger partial charge in [0.1, 0.15) is 0 Å². The Hall–Kier alpha value is -3.71. The molecule has 4 rings (SSSR count). The maximum absolute atomic E-state index is 12.6. The predicted molar refractivity (Wildman–Crippen MR) is 132 cm³/mol.